The number of benzene rings is 1. The molecule has 0 aliphatic heterocycles. The topological polar surface area (TPSA) is 52.6 Å². The van der Waals surface area contributed by atoms with Crippen LogP contribution in [0.25, 0.3) is 0 Å². The highest BCUT2D eigenvalue weighted by molar-refractivity contribution is 5.89. The van der Waals surface area contributed by atoms with Gasteiger partial charge in [0.15, 0.2) is 0 Å². The highest BCUT2D eigenvalue weighted by Crippen LogP contribution is 2.12. The van der Waals surface area contributed by atoms with Crippen LogP contribution in [-0.4, -0.2) is 25.2 Å². The van der Waals surface area contributed by atoms with Crippen LogP contribution in [0.15, 0.2) is 54.6 Å². The third kappa shape index (κ3) is 13.0. The maximum Gasteiger partial charge on any atom is 0.338 e. The minimum absolute atomic E-state index is 0.118. The first kappa shape index (κ1) is 25.7. The fraction of sp³-hybridized carbons (Fsp3) is 0.538. The first-order valence-corrected chi connectivity index (χ1v) is 11.3. The summed E-state index contributed by atoms with van der Waals surface area (Å²) in [4.78, 5) is 23.4. The Balaban J connectivity index is 2.29. The van der Waals surface area contributed by atoms with Gasteiger partial charge in [-0.25, -0.2) is 4.79 Å². The van der Waals surface area contributed by atoms with Crippen molar-refractivity contribution in [3.8, 4) is 0 Å². The molecule has 0 radical (unpaired) electrons. The maximum atomic E-state index is 12.3. The van der Waals surface area contributed by atoms with Crippen molar-refractivity contribution in [1.82, 2.24) is 0 Å². The van der Waals surface area contributed by atoms with Crippen LogP contribution in [0.2, 0.25) is 0 Å². The fourth-order valence-electron chi connectivity index (χ4n) is 3.10. The van der Waals surface area contributed by atoms with E-state index < -0.39 is 0 Å². The van der Waals surface area contributed by atoms with Crippen molar-refractivity contribution in [2.75, 3.05) is 7.11 Å². The zero-order chi connectivity index (χ0) is 21.9. The van der Waals surface area contributed by atoms with E-state index in [1.807, 2.05) is 36.4 Å². The molecule has 0 unspecified atom stereocenters. The second-order valence-corrected chi connectivity index (χ2v) is 7.50. The molecule has 0 spiro atoms. The van der Waals surface area contributed by atoms with Crippen molar-refractivity contribution in [3.63, 3.8) is 0 Å². The summed E-state index contributed by atoms with van der Waals surface area (Å²) in [6, 6.07) is 9.15. The third-order valence-electron chi connectivity index (χ3n) is 4.91. The normalized spacial score (nSPS) is 12.3. The molecule has 0 amide bonds. The van der Waals surface area contributed by atoms with Crippen molar-refractivity contribution >= 4 is 11.9 Å². The molecule has 0 fully saturated rings. The Hall–Kier alpha value is -2.36. The smallest absolute Gasteiger partial charge is 0.338 e. The lowest BCUT2D eigenvalue weighted by molar-refractivity contribution is -0.140. The predicted octanol–water partition coefficient (Wildman–Crippen LogP) is 6.81. The van der Waals surface area contributed by atoms with Crippen molar-refractivity contribution < 1.29 is 19.1 Å². The summed E-state index contributed by atoms with van der Waals surface area (Å²) >= 11 is 0. The summed E-state index contributed by atoms with van der Waals surface area (Å²) < 4.78 is 10.3. The number of unbranched alkanes of at least 4 members (excludes halogenated alkanes) is 7. The summed E-state index contributed by atoms with van der Waals surface area (Å²) in [5, 5.41) is 0. The van der Waals surface area contributed by atoms with Gasteiger partial charge in [0.2, 0.25) is 0 Å². The first-order chi connectivity index (χ1) is 14.7. The number of ether oxygens (including phenoxy) is 2. The Bertz CT molecular complexity index is 634. The number of carbonyl (C=O) groups is 2. The molecule has 4 heteroatoms. The number of esters is 2. The monoisotopic (exact) mass is 414 g/mol. The van der Waals surface area contributed by atoms with Gasteiger partial charge in [-0.15, -0.1) is 0 Å². The van der Waals surface area contributed by atoms with E-state index in [1.165, 1.54) is 13.5 Å². The van der Waals surface area contributed by atoms with Crippen LogP contribution < -0.4 is 0 Å². The van der Waals surface area contributed by atoms with E-state index in [2.05, 4.69) is 17.7 Å². The van der Waals surface area contributed by atoms with Gasteiger partial charge in [0.1, 0.15) is 6.10 Å². The quantitative estimate of drug-likeness (QED) is 0.169. The van der Waals surface area contributed by atoms with Crippen molar-refractivity contribution in [2.45, 2.75) is 83.7 Å². The zero-order valence-corrected chi connectivity index (χ0v) is 18.7. The second-order valence-electron chi connectivity index (χ2n) is 7.50. The number of hydrogen-bond donors (Lipinski definition) is 0. The van der Waals surface area contributed by atoms with Gasteiger partial charge < -0.3 is 9.47 Å². The Kier molecular flexibility index (Phi) is 15.0. The standard InChI is InChI=1S/C26H38O4/c1-3-4-13-20-24(30-26(28)23-18-14-12-15-19-23)21-16-10-8-6-5-7-9-11-17-22-25(27)29-2/h8,10,12,14-16,18-19,21,24H,3-7,9,11,13,17,20,22H2,1-2H3/b10-8-,21-16+/t24-/m0/s1. The van der Waals surface area contributed by atoms with Crippen LogP contribution in [0.1, 0.15) is 87.9 Å². The molecule has 0 aromatic heterocycles. The van der Waals surface area contributed by atoms with Gasteiger partial charge in [-0.2, -0.15) is 0 Å². The van der Waals surface area contributed by atoms with Gasteiger partial charge in [0.05, 0.1) is 12.7 Å². The Morgan fingerprint density at radius 3 is 2.40 bits per heavy atom. The molecule has 0 saturated carbocycles. The highest BCUT2D eigenvalue weighted by atomic mass is 16.5. The molecular formula is C26H38O4. The third-order valence-corrected chi connectivity index (χ3v) is 4.91. The molecule has 0 saturated heterocycles. The van der Waals surface area contributed by atoms with E-state index in [1.54, 1.807) is 12.1 Å². The average molecular weight is 415 g/mol. The molecule has 0 N–H and O–H groups in total. The minimum Gasteiger partial charge on any atom is -0.469 e. The maximum absolute atomic E-state index is 12.3. The Morgan fingerprint density at radius 2 is 1.67 bits per heavy atom. The van der Waals surface area contributed by atoms with Gasteiger partial charge in [-0.1, -0.05) is 75.5 Å². The lowest BCUT2D eigenvalue weighted by Gasteiger charge is -2.14. The molecule has 0 aliphatic rings. The number of carbonyl (C=O) groups excluding carboxylic acids is 2. The molecule has 1 aromatic carbocycles. The van der Waals surface area contributed by atoms with Crippen LogP contribution in [0, 0.1) is 0 Å². The second kappa shape index (κ2) is 17.5. The van der Waals surface area contributed by atoms with E-state index in [4.69, 9.17) is 4.74 Å². The molecule has 0 aliphatic carbocycles. The van der Waals surface area contributed by atoms with Gasteiger partial charge in [-0.3, -0.25) is 4.79 Å². The molecule has 166 valence electrons. The van der Waals surface area contributed by atoms with E-state index >= 15 is 0 Å². The molecular weight excluding hydrogens is 376 g/mol. The van der Waals surface area contributed by atoms with Gasteiger partial charge in [-0.05, 0) is 50.3 Å². The first-order valence-electron chi connectivity index (χ1n) is 11.3. The van der Waals surface area contributed by atoms with Crippen LogP contribution >= 0.6 is 0 Å². The summed E-state index contributed by atoms with van der Waals surface area (Å²) in [5.74, 6) is -0.384. The van der Waals surface area contributed by atoms with Gasteiger partial charge in [0.25, 0.3) is 0 Å². The molecule has 0 heterocycles. The molecule has 30 heavy (non-hydrogen) atoms. The van der Waals surface area contributed by atoms with Crippen LogP contribution in [-0.2, 0) is 14.3 Å². The van der Waals surface area contributed by atoms with E-state index in [-0.39, 0.29) is 18.0 Å². The summed E-state index contributed by atoms with van der Waals surface area (Å²) in [6.45, 7) is 2.17. The number of rotatable bonds is 16. The number of hydrogen-bond acceptors (Lipinski definition) is 4. The summed E-state index contributed by atoms with van der Waals surface area (Å²) in [6.07, 6.45) is 19.2. The molecule has 1 atom stereocenters. The average Bonchev–Trinajstić information content (AvgIpc) is 2.77. The SMILES string of the molecule is CCCCC[C@@H](/C=C/C=C\CCCCCCCC(=O)OC)OC(=O)c1ccccc1. The Labute approximate surface area is 182 Å². The van der Waals surface area contributed by atoms with E-state index in [9.17, 15) is 9.59 Å². The molecule has 4 nitrogen and oxygen atoms in total. The fourth-order valence-corrected chi connectivity index (χ4v) is 3.10. The van der Waals surface area contributed by atoms with Crippen molar-refractivity contribution in [2.24, 2.45) is 0 Å². The van der Waals surface area contributed by atoms with Crippen LogP contribution in [0.5, 0.6) is 0 Å². The lowest BCUT2D eigenvalue weighted by Crippen LogP contribution is -2.16. The largest absolute Gasteiger partial charge is 0.469 e. The Morgan fingerprint density at radius 1 is 0.933 bits per heavy atom. The number of allylic oxidation sites excluding steroid dienone is 3. The van der Waals surface area contributed by atoms with Crippen molar-refractivity contribution in [3.05, 3.63) is 60.2 Å². The molecule has 1 rings (SSSR count). The van der Waals surface area contributed by atoms with Crippen LogP contribution in [0.3, 0.4) is 0 Å². The summed E-state index contributed by atoms with van der Waals surface area (Å²) in [5.41, 5.74) is 0.591. The predicted molar refractivity (Wildman–Crippen MR) is 122 cm³/mol. The van der Waals surface area contributed by atoms with Crippen molar-refractivity contribution in [1.29, 1.82) is 0 Å². The molecule has 0 bridgehead atoms. The van der Waals surface area contributed by atoms with Crippen LogP contribution in [0.4, 0.5) is 0 Å². The van der Waals surface area contributed by atoms with Gasteiger partial charge in [0, 0.05) is 6.42 Å². The molecule has 1 aromatic rings. The lowest BCUT2D eigenvalue weighted by atomic mass is 10.1. The van der Waals surface area contributed by atoms with Gasteiger partial charge >= 0.3 is 11.9 Å². The van der Waals surface area contributed by atoms with E-state index in [0.29, 0.717) is 12.0 Å². The summed E-state index contributed by atoms with van der Waals surface area (Å²) in [7, 11) is 1.43. The highest BCUT2D eigenvalue weighted by Gasteiger charge is 2.12. The zero-order valence-electron chi connectivity index (χ0n) is 18.7. The minimum atomic E-state index is -0.266. The number of methoxy groups -OCH3 is 1. The van der Waals surface area contributed by atoms with E-state index in [0.717, 1.165) is 57.8 Å².